The van der Waals surface area contributed by atoms with Crippen molar-refractivity contribution in [3.8, 4) is 11.3 Å². The molecule has 1 aliphatic heterocycles. The average Bonchev–Trinajstić information content (AvgIpc) is 3.25. The highest BCUT2D eigenvalue weighted by molar-refractivity contribution is 7.98. The molecular formula is C23H17ClF5N3S. The normalized spacial score (nSPS) is 16.8. The Labute approximate surface area is 196 Å². The van der Waals surface area contributed by atoms with E-state index in [1.165, 1.54) is 23.9 Å². The third kappa shape index (κ3) is 4.44. The van der Waals surface area contributed by atoms with Gasteiger partial charge in [0.15, 0.2) is 0 Å². The molecule has 0 bridgehead atoms. The van der Waals surface area contributed by atoms with Crippen LogP contribution in [-0.2, 0) is 0 Å². The molecule has 0 amide bonds. The number of benzene rings is 2. The smallest absolute Gasteiger partial charge is 0.254 e. The van der Waals surface area contributed by atoms with Crippen molar-refractivity contribution in [2.45, 2.75) is 29.5 Å². The minimum Gasteiger partial charge on any atom is -0.254 e. The van der Waals surface area contributed by atoms with E-state index in [-0.39, 0.29) is 10.7 Å². The summed E-state index contributed by atoms with van der Waals surface area (Å²) in [6.45, 7) is 0. The van der Waals surface area contributed by atoms with E-state index in [9.17, 15) is 22.0 Å². The Hall–Kier alpha value is -2.65. The first-order valence-electron chi connectivity index (χ1n) is 9.80. The summed E-state index contributed by atoms with van der Waals surface area (Å²) in [5.74, 6) is -5.08. The van der Waals surface area contributed by atoms with Gasteiger partial charge in [0.25, 0.3) is 0 Å². The van der Waals surface area contributed by atoms with E-state index in [4.69, 9.17) is 11.6 Å². The Morgan fingerprint density at radius 3 is 2.33 bits per heavy atom. The van der Waals surface area contributed by atoms with Crippen LogP contribution in [-0.4, -0.2) is 29.1 Å². The zero-order valence-electron chi connectivity index (χ0n) is 17.2. The molecule has 4 rings (SSSR count). The van der Waals surface area contributed by atoms with E-state index < -0.39 is 30.3 Å². The number of halogens is 6. The number of alkyl halides is 5. The molecule has 10 heteroatoms. The fourth-order valence-corrected chi connectivity index (χ4v) is 4.43. The topological polar surface area (TPSA) is 28.5 Å². The molecule has 2 aromatic carbocycles. The van der Waals surface area contributed by atoms with Crippen LogP contribution >= 0.6 is 23.4 Å². The van der Waals surface area contributed by atoms with Gasteiger partial charge in [0.1, 0.15) is 11.8 Å². The highest BCUT2D eigenvalue weighted by atomic mass is 35.5. The van der Waals surface area contributed by atoms with Crippen LogP contribution in [0.3, 0.4) is 0 Å². The van der Waals surface area contributed by atoms with Crippen LogP contribution in [0.25, 0.3) is 11.3 Å². The molecule has 1 aliphatic rings. The molecule has 2 heterocycles. The number of anilines is 1. The molecule has 0 saturated carbocycles. The molecule has 0 radical (unpaired) electrons. The molecule has 1 aromatic heterocycles. The van der Waals surface area contributed by atoms with Gasteiger partial charge < -0.3 is 0 Å². The number of hydrazone groups is 1. The molecule has 0 fully saturated rings. The lowest BCUT2D eigenvalue weighted by Gasteiger charge is -2.24. The van der Waals surface area contributed by atoms with Crippen molar-refractivity contribution in [1.29, 1.82) is 0 Å². The highest BCUT2D eigenvalue weighted by Gasteiger charge is 2.63. The van der Waals surface area contributed by atoms with E-state index in [1.54, 1.807) is 30.3 Å². The summed E-state index contributed by atoms with van der Waals surface area (Å²) in [6, 6.07) is 17.8. The number of aromatic nitrogens is 1. The highest BCUT2D eigenvalue weighted by Crippen LogP contribution is 2.45. The van der Waals surface area contributed by atoms with Crippen molar-refractivity contribution < 1.29 is 22.0 Å². The fraction of sp³-hybridized carbons (Fsp3) is 0.217. The van der Waals surface area contributed by atoms with Crippen LogP contribution < -0.4 is 5.01 Å². The first-order chi connectivity index (χ1) is 15.6. The van der Waals surface area contributed by atoms with Gasteiger partial charge in [-0.25, -0.2) is 0 Å². The minimum absolute atomic E-state index is 0.173. The van der Waals surface area contributed by atoms with Crippen LogP contribution in [0, 0.1) is 0 Å². The second kappa shape index (κ2) is 8.95. The van der Waals surface area contributed by atoms with E-state index >= 15 is 0 Å². The molecule has 0 N–H and O–H groups in total. The van der Waals surface area contributed by atoms with Crippen molar-refractivity contribution in [3.63, 3.8) is 0 Å². The zero-order valence-corrected chi connectivity index (χ0v) is 18.7. The summed E-state index contributed by atoms with van der Waals surface area (Å²) >= 11 is 7.75. The lowest BCUT2D eigenvalue weighted by molar-refractivity contribution is -0.249. The van der Waals surface area contributed by atoms with E-state index in [2.05, 4.69) is 10.1 Å². The van der Waals surface area contributed by atoms with Gasteiger partial charge in [-0.3, -0.25) is 9.99 Å². The van der Waals surface area contributed by atoms with E-state index in [1.807, 2.05) is 30.5 Å². The van der Waals surface area contributed by atoms with Gasteiger partial charge in [0.2, 0.25) is 0 Å². The number of pyridine rings is 1. The Morgan fingerprint density at radius 2 is 1.64 bits per heavy atom. The van der Waals surface area contributed by atoms with Gasteiger partial charge in [-0.15, -0.1) is 11.8 Å². The summed E-state index contributed by atoms with van der Waals surface area (Å²) in [5.41, 5.74) is 0.647. The first kappa shape index (κ1) is 23.5. The van der Waals surface area contributed by atoms with Crippen LogP contribution in [0.4, 0.5) is 27.6 Å². The van der Waals surface area contributed by atoms with Gasteiger partial charge in [-0.1, -0.05) is 48.0 Å². The quantitative estimate of drug-likeness (QED) is 0.268. The molecule has 1 atom stereocenters. The first-order valence-corrected chi connectivity index (χ1v) is 11.4. The minimum atomic E-state index is -5.76. The number of nitrogens with zero attached hydrogens (tertiary/aromatic N) is 3. The molecule has 172 valence electrons. The number of hydrogen-bond donors (Lipinski definition) is 0. The maximum Gasteiger partial charge on any atom is 0.459 e. The Balaban J connectivity index is 1.80. The van der Waals surface area contributed by atoms with Crippen molar-refractivity contribution in [2.75, 3.05) is 11.3 Å². The van der Waals surface area contributed by atoms with E-state index in [0.717, 1.165) is 15.5 Å². The fourth-order valence-electron chi connectivity index (χ4n) is 3.60. The summed E-state index contributed by atoms with van der Waals surface area (Å²) in [5, 5.41) is 4.98. The van der Waals surface area contributed by atoms with E-state index in [0.29, 0.717) is 11.4 Å². The molecular weight excluding hydrogens is 481 g/mol. The van der Waals surface area contributed by atoms with Gasteiger partial charge in [-0.2, -0.15) is 27.1 Å². The second-order valence-corrected chi connectivity index (χ2v) is 8.54. The molecule has 0 saturated heterocycles. The monoisotopic (exact) mass is 497 g/mol. The second-order valence-electron chi connectivity index (χ2n) is 7.28. The van der Waals surface area contributed by atoms with Gasteiger partial charge in [0, 0.05) is 16.9 Å². The van der Waals surface area contributed by atoms with Gasteiger partial charge in [0.05, 0.1) is 22.1 Å². The molecule has 3 nitrogen and oxygen atoms in total. The largest absolute Gasteiger partial charge is 0.459 e. The predicted molar refractivity (Wildman–Crippen MR) is 121 cm³/mol. The van der Waals surface area contributed by atoms with Crippen molar-refractivity contribution in [1.82, 2.24) is 4.98 Å². The lowest BCUT2D eigenvalue weighted by Crippen LogP contribution is -2.43. The SMILES string of the molecule is CSc1ccccc1-c1cccc(C2CC(C(F)(F)C(F)(F)F)=NN2c2ccccc2Cl)n1. The summed E-state index contributed by atoms with van der Waals surface area (Å²) in [7, 11) is 0. The standard InChI is InChI=1S/C23H17ClF5N3S/c1-33-20-12-5-2-7-14(20)16-9-6-10-17(30-16)19-13-21(22(25,26)23(27,28)29)31-32(19)18-11-4-3-8-15(18)24/h2-12,19H,13H2,1H3. The predicted octanol–water partition coefficient (Wildman–Crippen LogP) is 7.63. The summed E-state index contributed by atoms with van der Waals surface area (Å²) < 4.78 is 67.7. The maximum absolute atomic E-state index is 14.2. The Morgan fingerprint density at radius 1 is 0.939 bits per heavy atom. The molecule has 0 spiro atoms. The lowest BCUT2D eigenvalue weighted by atomic mass is 10.0. The maximum atomic E-state index is 14.2. The molecule has 0 aliphatic carbocycles. The van der Waals surface area contributed by atoms with Gasteiger partial charge >= 0.3 is 12.1 Å². The van der Waals surface area contributed by atoms with Crippen molar-refractivity contribution in [2.24, 2.45) is 5.10 Å². The third-order valence-electron chi connectivity index (χ3n) is 5.22. The van der Waals surface area contributed by atoms with Crippen LogP contribution in [0.1, 0.15) is 18.2 Å². The van der Waals surface area contributed by atoms with Crippen molar-refractivity contribution in [3.05, 3.63) is 77.4 Å². The zero-order chi connectivity index (χ0) is 23.8. The molecule has 3 aromatic rings. The average molecular weight is 498 g/mol. The summed E-state index contributed by atoms with van der Waals surface area (Å²) in [6.07, 6.45) is -4.50. The Bertz CT molecular complexity index is 1200. The van der Waals surface area contributed by atoms with Crippen LogP contribution in [0.15, 0.2) is 76.7 Å². The number of rotatable bonds is 5. The molecule has 33 heavy (non-hydrogen) atoms. The van der Waals surface area contributed by atoms with Crippen LogP contribution in [0.2, 0.25) is 5.02 Å². The number of para-hydroxylation sites is 1. The number of hydrogen-bond acceptors (Lipinski definition) is 4. The van der Waals surface area contributed by atoms with Crippen LogP contribution in [0.5, 0.6) is 0 Å². The number of thioether (sulfide) groups is 1. The molecule has 1 unspecified atom stereocenters. The summed E-state index contributed by atoms with van der Waals surface area (Å²) in [4.78, 5) is 5.58. The van der Waals surface area contributed by atoms with Crippen molar-refractivity contribution >= 4 is 34.8 Å². The third-order valence-corrected chi connectivity index (χ3v) is 6.34. The van der Waals surface area contributed by atoms with Gasteiger partial charge in [-0.05, 0) is 36.6 Å². The Kier molecular flexibility index (Phi) is 6.37.